The van der Waals surface area contributed by atoms with Crippen LogP contribution in [0, 0.1) is 12.3 Å². The van der Waals surface area contributed by atoms with Gasteiger partial charge in [-0.05, 0) is 29.4 Å². The molecule has 0 N–H and O–H groups in total. The van der Waals surface area contributed by atoms with Crippen LogP contribution in [0.5, 0.6) is 0 Å². The van der Waals surface area contributed by atoms with Crippen molar-refractivity contribution in [3.05, 3.63) is 35.4 Å². The summed E-state index contributed by atoms with van der Waals surface area (Å²) in [6, 6.07) is 8.96. The molecule has 0 amide bonds. The van der Waals surface area contributed by atoms with Gasteiger partial charge in [-0.15, -0.1) is 12.3 Å². The highest BCUT2D eigenvalue weighted by atomic mass is 14.1. The lowest BCUT2D eigenvalue weighted by Crippen LogP contribution is -1.98. The van der Waals surface area contributed by atoms with Crippen molar-refractivity contribution in [2.24, 2.45) is 0 Å². The maximum absolute atomic E-state index is 5.43. The zero-order valence-corrected chi connectivity index (χ0v) is 10.7. The predicted octanol–water partition coefficient (Wildman–Crippen LogP) is 4.72. The minimum atomic E-state index is 0.538. The molecule has 1 aromatic rings. The molecular weight excluding hydrogens is 192 g/mol. The first kappa shape index (κ1) is 12.8. The van der Waals surface area contributed by atoms with Crippen LogP contribution in [-0.2, 0) is 0 Å². The molecule has 0 aliphatic heterocycles. The van der Waals surface area contributed by atoms with Crippen LogP contribution in [0.3, 0.4) is 0 Å². The smallest absolute Gasteiger partial charge is 0.0155 e. The normalized spacial score (nSPS) is 12.4. The molecule has 0 nitrogen and oxygen atoms in total. The van der Waals surface area contributed by atoms with Crippen LogP contribution in [0.25, 0.3) is 0 Å². The van der Waals surface area contributed by atoms with E-state index in [4.69, 9.17) is 6.42 Å². The molecule has 0 saturated heterocycles. The maximum Gasteiger partial charge on any atom is 0.0155 e. The molecule has 0 bridgehead atoms. The van der Waals surface area contributed by atoms with Gasteiger partial charge in [-0.1, -0.05) is 51.5 Å². The van der Waals surface area contributed by atoms with Gasteiger partial charge in [0.1, 0.15) is 0 Å². The van der Waals surface area contributed by atoms with Gasteiger partial charge < -0.3 is 0 Å². The van der Waals surface area contributed by atoms with E-state index in [1.807, 2.05) is 0 Å². The first-order valence-corrected chi connectivity index (χ1v) is 6.22. The van der Waals surface area contributed by atoms with Crippen LogP contribution >= 0.6 is 0 Å². The van der Waals surface area contributed by atoms with E-state index < -0.39 is 0 Å². The standard InChI is InChI=1S/C16H22/c1-5-7-15(8-6-2)16-11-9-14(10-12-16)13(3)4/h1,9-13,15H,6-8H2,2-4H3. The monoisotopic (exact) mass is 214 g/mol. The first-order chi connectivity index (χ1) is 7.69. The Morgan fingerprint density at radius 2 is 1.69 bits per heavy atom. The molecule has 0 fully saturated rings. The van der Waals surface area contributed by atoms with Crippen LogP contribution < -0.4 is 0 Å². The van der Waals surface area contributed by atoms with Crippen LogP contribution in [0.2, 0.25) is 0 Å². The summed E-state index contributed by atoms with van der Waals surface area (Å²) < 4.78 is 0. The predicted molar refractivity (Wildman–Crippen MR) is 71.6 cm³/mol. The minimum absolute atomic E-state index is 0.538. The maximum atomic E-state index is 5.43. The summed E-state index contributed by atoms with van der Waals surface area (Å²) in [5.41, 5.74) is 2.80. The Hall–Kier alpha value is -1.22. The fourth-order valence-corrected chi connectivity index (χ4v) is 2.03. The van der Waals surface area contributed by atoms with E-state index in [0.29, 0.717) is 11.8 Å². The van der Waals surface area contributed by atoms with Crippen molar-refractivity contribution < 1.29 is 0 Å². The van der Waals surface area contributed by atoms with E-state index in [1.165, 1.54) is 24.0 Å². The van der Waals surface area contributed by atoms with Gasteiger partial charge in [0.05, 0.1) is 0 Å². The highest BCUT2D eigenvalue weighted by Crippen LogP contribution is 2.26. The Labute approximate surface area is 100 Å². The lowest BCUT2D eigenvalue weighted by molar-refractivity contribution is 0.628. The molecule has 0 aromatic heterocycles. The molecule has 0 aliphatic rings. The quantitative estimate of drug-likeness (QED) is 0.622. The molecule has 0 heteroatoms. The van der Waals surface area contributed by atoms with Crippen molar-refractivity contribution >= 4 is 0 Å². The third-order valence-electron chi connectivity index (χ3n) is 3.08. The van der Waals surface area contributed by atoms with Crippen LogP contribution in [0.1, 0.15) is 63.0 Å². The van der Waals surface area contributed by atoms with Gasteiger partial charge in [0.15, 0.2) is 0 Å². The molecule has 0 heterocycles. The minimum Gasteiger partial charge on any atom is -0.120 e. The number of terminal acetylenes is 1. The molecule has 86 valence electrons. The van der Waals surface area contributed by atoms with Crippen LogP contribution in [0.4, 0.5) is 0 Å². The first-order valence-electron chi connectivity index (χ1n) is 6.22. The van der Waals surface area contributed by atoms with Crippen molar-refractivity contribution in [3.8, 4) is 12.3 Å². The van der Waals surface area contributed by atoms with Crippen molar-refractivity contribution in [1.82, 2.24) is 0 Å². The lowest BCUT2D eigenvalue weighted by Gasteiger charge is -2.15. The fraction of sp³-hybridized carbons (Fsp3) is 0.500. The van der Waals surface area contributed by atoms with E-state index in [-0.39, 0.29) is 0 Å². The molecule has 16 heavy (non-hydrogen) atoms. The number of benzene rings is 1. The summed E-state index contributed by atoms with van der Waals surface area (Å²) in [6.07, 6.45) is 8.66. The summed E-state index contributed by atoms with van der Waals surface area (Å²) in [7, 11) is 0. The van der Waals surface area contributed by atoms with Crippen LogP contribution in [-0.4, -0.2) is 0 Å². The second-order valence-corrected chi connectivity index (χ2v) is 4.72. The largest absolute Gasteiger partial charge is 0.120 e. The van der Waals surface area contributed by atoms with Crippen molar-refractivity contribution in [1.29, 1.82) is 0 Å². The van der Waals surface area contributed by atoms with E-state index in [2.05, 4.69) is 51.0 Å². The van der Waals surface area contributed by atoms with Crippen molar-refractivity contribution in [3.63, 3.8) is 0 Å². The zero-order valence-electron chi connectivity index (χ0n) is 10.7. The SMILES string of the molecule is C#CCC(CCC)c1ccc(C(C)C)cc1. The van der Waals surface area contributed by atoms with Gasteiger partial charge in [-0.25, -0.2) is 0 Å². The average Bonchev–Trinajstić information content (AvgIpc) is 2.29. The van der Waals surface area contributed by atoms with Gasteiger partial charge >= 0.3 is 0 Å². The molecule has 0 saturated carbocycles. The summed E-state index contributed by atoms with van der Waals surface area (Å²) in [5.74, 6) is 3.93. The summed E-state index contributed by atoms with van der Waals surface area (Å²) in [5, 5.41) is 0. The molecule has 0 aliphatic carbocycles. The molecule has 1 atom stereocenters. The number of rotatable bonds is 5. The molecule has 1 unspecified atom stereocenters. The number of hydrogen-bond donors (Lipinski definition) is 0. The Morgan fingerprint density at radius 1 is 1.12 bits per heavy atom. The zero-order chi connectivity index (χ0) is 12.0. The van der Waals surface area contributed by atoms with Gasteiger partial charge in [-0.3, -0.25) is 0 Å². The van der Waals surface area contributed by atoms with E-state index in [9.17, 15) is 0 Å². The molecule has 0 radical (unpaired) electrons. The summed E-state index contributed by atoms with van der Waals surface area (Å²) in [6.45, 7) is 6.66. The topological polar surface area (TPSA) is 0 Å². The molecule has 0 spiro atoms. The van der Waals surface area contributed by atoms with Gasteiger partial charge in [0, 0.05) is 6.42 Å². The average molecular weight is 214 g/mol. The van der Waals surface area contributed by atoms with Crippen LogP contribution in [0.15, 0.2) is 24.3 Å². The fourth-order valence-electron chi connectivity index (χ4n) is 2.03. The third kappa shape index (κ3) is 3.42. The molecular formula is C16H22. The Bertz CT molecular complexity index is 337. The number of hydrogen-bond acceptors (Lipinski definition) is 0. The summed E-state index contributed by atoms with van der Waals surface area (Å²) in [4.78, 5) is 0. The third-order valence-corrected chi connectivity index (χ3v) is 3.08. The highest BCUT2D eigenvalue weighted by molar-refractivity contribution is 5.27. The van der Waals surface area contributed by atoms with Crippen molar-refractivity contribution in [2.45, 2.75) is 51.9 Å². The van der Waals surface area contributed by atoms with E-state index in [0.717, 1.165) is 6.42 Å². The second-order valence-electron chi connectivity index (χ2n) is 4.72. The Balaban J connectivity index is 2.81. The molecule has 1 rings (SSSR count). The Kier molecular flexibility index (Phi) is 5.12. The Morgan fingerprint density at radius 3 is 2.12 bits per heavy atom. The van der Waals surface area contributed by atoms with Gasteiger partial charge in [0.25, 0.3) is 0 Å². The summed E-state index contributed by atoms with van der Waals surface area (Å²) >= 11 is 0. The van der Waals surface area contributed by atoms with Crippen molar-refractivity contribution in [2.75, 3.05) is 0 Å². The van der Waals surface area contributed by atoms with Gasteiger partial charge in [0.2, 0.25) is 0 Å². The lowest BCUT2D eigenvalue weighted by atomic mass is 9.90. The highest BCUT2D eigenvalue weighted by Gasteiger charge is 2.09. The second kappa shape index (κ2) is 6.38. The van der Waals surface area contributed by atoms with E-state index in [1.54, 1.807) is 0 Å². The molecule has 1 aromatic carbocycles. The van der Waals surface area contributed by atoms with E-state index >= 15 is 0 Å². The van der Waals surface area contributed by atoms with Gasteiger partial charge in [-0.2, -0.15) is 0 Å².